The molecule has 0 saturated heterocycles. The van der Waals surface area contributed by atoms with Gasteiger partial charge in [-0.05, 0) is 0 Å². The Morgan fingerprint density at radius 2 is 1.67 bits per heavy atom. The van der Waals surface area contributed by atoms with E-state index in [0.717, 1.165) is 7.11 Å². The number of hydrogen-bond donors (Lipinski definition) is 1. The zero-order valence-electron chi connectivity index (χ0n) is 9.27. The van der Waals surface area contributed by atoms with Gasteiger partial charge < -0.3 is 14.7 Å². The summed E-state index contributed by atoms with van der Waals surface area (Å²) in [6.07, 6.45) is 2.48. The minimum absolute atomic E-state index is 0.0931. The van der Waals surface area contributed by atoms with Crippen LogP contribution in [0.3, 0.4) is 0 Å². The molecule has 84 valence electrons. The SMILES string of the molecule is CO.COC1=CC(=O)C(N(C)C)=CC1=O. The predicted octanol–water partition coefficient (Wildman–Crippen LogP) is -0.278. The second-order valence-electron chi connectivity index (χ2n) is 2.87. The van der Waals surface area contributed by atoms with E-state index < -0.39 is 0 Å². The molecule has 0 radical (unpaired) electrons. The summed E-state index contributed by atoms with van der Waals surface area (Å²) in [5, 5.41) is 7.00. The van der Waals surface area contributed by atoms with Gasteiger partial charge in [-0.3, -0.25) is 9.59 Å². The number of carbonyl (C=O) groups is 2. The third-order valence-electron chi connectivity index (χ3n) is 1.73. The molecule has 1 aliphatic carbocycles. The predicted molar refractivity (Wildman–Crippen MR) is 55.0 cm³/mol. The molecule has 0 aromatic heterocycles. The van der Waals surface area contributed by atoms with Crippen LogP contribution < -0.4 is 0 Å². The third kappa shape index (κ3) is 3.21. The highest BCUT2D eigenvalue weighted by Gasteiger charge is 2.21. The van der Waals surface area contributed by atoms with E-state index in [1.54, 1.807) is 19.0 Å². The van der Waals surface area contributed by atoms with Gasteiger partial charge in [0.25, 0.3) is 0 Å². The molecule has 0 heterocycles. The Kier molecular flexibility index (Phi) is 5.33. The molecule has 0 aromatic carbocycles. The summed E-state index contributed by atoms with van der Waals surface area (Å²) in [6.45, 7) is 0. The molecule has 5 heteroatoms. The average molecular weight is 213 g/mol. The highest BCUT2D eigenvalue weighted by molar-refractivity contribution is 6.18. The normalized spacial score (nSPS) is 14.7. The molecule has 0 amide bonds. The minimum atomic E-state index is -0.272. The third-order valence-corrected chi connectivity index (χ3v) is 1.73. The first kappa shape index (κ1) is 13.4. The van der Waals surface area contributed by atoms with Gasteiger partial charge in [0.2, 0.25) is 11.6 Å². The monoisotopic (exact) mass is 213 g/mol. The van der Waals surface area contributed by atoms with Gasteiger partial charge in [-0.2, -0.15) is 0 Å². The number of ketones is 2. The number of aliphatic hydroxyl groups excluding tert-OH is 1. The lowest BCUT2D eigenvalue weighted by atomic mass is 10.1. The lowest BCUT2D eigenvalue weighted by Gasteiger charge is -2.17. The number of allylic oxidation sites excluding steroid dienone is 2. The van der Waals surface area contributed by atoms with Crippen molar-refractivity contribution in [3.05, 3.63) is 23.6 Å². The molecule has 1 aliphatic rings. The van der Waals surface area contributed by atoms with Crippen molar-refractivity contribution in [3.63, 3.8) is 0 Å². The smallest absolute Gasteiger partial charge is 0.222 e. The second kappa shape index (κ2) is 5.98. The Labute approximate surface area is 88.6 Å². The van der Waals surface area contributed by atoms with Crippen LogP contribution >= 0.6 is 0 Å². The first-order valence-electron chi connectivity index (χ1n) is 4.24. The van der Waals surface area contributed by atoms with Gasteiger partial charge in [0, 0.05) is 33.4 Å². The maximum atomic E-state index is 11.3. The molecule has 0 fully saturated rings. The molecule has 15 heavy (non-hydrogen) atoms. The molecule has 0 saturated carbocycles. The minimum Gasteiger partial charge on any atom is -0.493 e. The van der Waals surface area contributed by atoms with E-state index in [4.69, 9.17) is 9.84 Å². The van der Waals surface area contributed by atoms with E-state index >= 15 is 0 Å². The molecule has 0 unspecified atom stereocenters. The van der Waals surface area contributed by atoms with E-state index in [-0.39, 0.29) is 17.3 Å². The zero-order valence-corrected chi connectivity index (χ0v) is 9.27. The molecule has 0 spiro atoms. The summed E-state index contributed by atoms with van der Waals surface area (Å²) in [4.78, 5) is 24.2. The highest BCUT2D eigenvalue weighted by Crippen LogP contribution is 2.13. The van der Waals surface area contributed by atoms with Crippen LogP contribution in [0, 0.1) is 0 Å². The van der Waals surface area contributed by atoms with Crippen LogP contribution in [0.4, 0.5) is 0 Å². The van der Waals surface area contributed by atoms with Crippen molar-refractivity contribution < 1.29 is 19.4 Å². The fraction of sp³-hybridized carbons (Fsp3) is 0.400. The lowest BCUT2D eigenvalue weighted by Crippen LogP contribution is -2.24. The van der Waals surface area contributed by atoms with Crippen molar-refractivity contribution in [2.45, 2.75) is 0 Å². The highest BCUT2D eigenvalue weighted by atomic mass is 16.5. The molecule has 0 atom stereocenters. The van der Waals surface area contributed by atoms with Crippen LogP contribution in [0.2, 0.25) is 0 Å². The fourth-order valence-electron chi connectivity index (χ4n) is 1.04. The van der Waals surface area contributed by atoms with E-state index in [0.29, 0.717) is 5.70 Å². The maximum absolute atomic E-state index is 11.3. The number of likely N-dealkylation sites (N-methyl/N-ethyl adjacent to an activating group) is 1. The van der Waals surface area contributed by atoms with Gasteiger partial charge in [0.1, 0.15) is 0 Å². The first-order valence-corrected chi connectivity index (χ1v) is 4.24. The van der Waals surface area contributed by atoms with Gasteiger partial charge in [0.05, 0.1) is 12.8 Å². The van der Waals surface area contributed by atoms with Gasteiger partial charge in [-0.25, -0.2) is 0 Å². The maximum Gasteiger partial charge on any atom is 0.222 e. The molecular weight excluding hydrogens is 198 g/mol. The topological polar surface area (TPSA) is 66.8 Å². The van der Waals surface area contributed by atoms with Crippen LogP contribution in [-0.4, -0.2) is 49.9 Å². The summed E-state index contributed by atoms with van der Waals surface area (Å²) in [5.41, 5.74) is 0.380. The number of rotatable bonds is 2. The van der Waals surface area contributed by atoms with Crippen molar-refractivity contribution in [2.75, 3.05) is 28.3 Å². The molecule has 0 bridgehead atoms. The van der Waals surface area contributed by atoms with E-state index in [2.05, 4.69) is 0 Å². The van der Waals surface area contributed by atoms with Crippen LogP contribution in [0.15, 0.2) is 23.6 Å². The fourth-order valence-corrected chi connectivity index (χ4v) is 1.04. The molecular formula is C10H15NO4. The Morgan fingerprint density at radius 3 is 2.07 bits per heavy atom. The number of hydrogen-bond acceptors (Lipinski definition) is 5. The Bertz CT molecular complexity index is 315. The van der Waals surface area contributed by atoms with E-state index in [1.165, 1.54) is 19.3 Å². The summed E-state index contributed by atoms with van der Waals surface area (Å²) in [5.74, 6) is -0.386. The number of ether oxygens (including phenoxy) is 1. The molecule has 1 rings (SSSR count). The van der Waals surface area contributed by atoms with Crippen molar-refractivity contribution >= 4 is 11.6 Å². The molecule has 0 aromatic rings. The largest absolute Gasteiger partial charge is 0.493 e. The Balaban J connectivity index is 0.000000921. The van der Waals surface area contributed by atoms with Gasteiger partial charge in [-0.1, -0.05) is 0 Å². The standard InChI is InChI=1S/C9H11NO3.CH4O/c1-10(2)6-4-8(12)9(13-3)5-7(6)11;1-2/h4-5H,1-3H3;2H,1H3. The number of nitrogens with zero attached hydrogens (tertiary/aromatic N) is 1. The quantitative estimate of drug-likeness (QED) is 0.639. The summed E-state index contributed by atoms with van der Waals surface area (Å²) in [6, 6.07) is 0. The van der Waals surface area contributed by atoms with E-state index in [1.807, 2.05) is 0 Å². The van der Waals surface area contributed by atoms with Crippen LogP contribution in [0.5, 0.6) is 0 Å². The lowest BCUT2D eigenvalue weighted by molar-refractivity contribution is -0.118. The van der Waals surface area contributed by atoms with Crippen molar-refractivity contribution in [1.82, 2.24) is 4.90 Å². The molecule has 5 nitrogen and oxygen atoms in total. The van der Waals surface area contributed by atoms with Crippen molar-refractivity contribution in [3.8, 4) is 0 Å². The van der Waals surface area contributed by atoms with Gasteiger partial charge in [0.15, 0.2) is 5.76 Å². The average Bonchev–Trinajstić information content (AvgIpc) is 2.23. The van der Waals surface area contributed by atoms with Crippen LogP contribution in [-0.2, 0) is 14.3 Å². The van der Waals surface area contributed by atoms with Gasteiger partial charge >= 0.3 is 0 Å². The second-order valence-corrected chi connectivity index (χ2v) is 2.87. The van der Waals surface area contributed by atoms with Crippen molar-refractivity contribution in [2.24, 2.45) is 0 Å². The Morgan fingerprint density at radius 1 is 1.13 bits per heavy atom. The number of methoxy groups -OCH3 is 1. The van der Waals surface area contributed by atoms with Crippen molar-refractivity contribution in [1.29, 1.82) is 0 Å². The summed E-state index contributed by atoms with van der Waals surface area (Å²) < 4.78 is 4.73. The van der Waals surface area contributed by atoms with Crippen LogP contribution in [0.1, 0.15) is 0 Å². The zero-order chi connectivity index (χ0) is 12.0. The summed E-state index contributed by atoms with van der Waals surface area (Å²) >= 11 is 0. The van der Waals surface area contributed by atoms with Crippen LogP contribution in [0.25, 0.3) is 0 Å². The molecule has 1 N–H and O–H groups in total. The number of carbonyl (C=O) groups excluding carboxylic acids is 2. The first-order chi connectivity index (χ1) is 7.06. The summed E-state index contributed by atoms with van der Waals surface area (Å²) in [7, 11) is 5.79. The number of aliphatic hydroxyl groups is 1. The van der Waals surface area contributed by atoms with Gasteiger partial charge in [-0.15, -0.1) is 0 Å². The Hall–Kier alpha value is -1.62. The molecule has 0 aliphatic heterocycles. The van der Waals surface area contributed by atoms with E-state index in [9.17, 15) is 9.59 Å².